The van der Waals surface area contributed by atoms with E-state index < -0.39 is 23.2 Å². The Morgan fingerprint density at radius 3 is 2.80 bits per heavy atom. The smallest absolute Gasteiger partial charge is 0.407 e. The highest BCUT2D eigenvalue weighted by molar-refractivity contribution is 7.67. The monoisotopic (exact) mass is 237 g/mol. The van der Waals surface area contributed by atoms with Gasteiger partial charge in [-0.1, -0.05) is 0 Å². The molecule has 0 aromatic rings. The number of amides is 1. The van der Waals surface area contributed by atoms with Gasteiger partial charge in [0, 0.05) is 19.0 Å². The minimum Gasteiger partial charge on any atom is -0.465 e. The van der Waals surface area contributed by atoms with Gasteiger partial charge in [-0.2, -0.15) is 0 Å². The number of hydrogen-bond acceptors (Lipinski definition) is 4. The summed E-state index contributed by atoms with van der Waals surface area (Å²) in [7, 11) is -2.86. The summed E-state index contributed by atoms with van der Waals surface area (Å²) in [6.45, 7) is 2.52. The molecule has 88 valence electrons. The molecule has 1 amide bonds. The number of thiol groups is 1. The Kier molecular flexibility index (Phi) is 4.34. The van der Waals surface area contributed by atoms with Crippen molar-refractivity contribution in [1.82, 2.24) is 4.90 Å². The van der Waals surface area contributed by atoms with Crippen molar-refractivity contribution >= 4 is 17.1 Å². The van der Waals surface area contributed by atoms with Crippen LogP contribution in [0.15, 0.2) is 0 Å². The summed E-state index contributed by atoms with van der Waals surface area (Å²) in [6.07, 6.45) is 0.140. The highest BCUT2D eigenvalue weighted by Gasteiger charge is 2.28. The lowest BCUT2D eigenvalue weighted by Gasteiger charge is -2.32. The lowest BCUT2D eigenvalue weighted by Crippen LogP contribution is -2.42. The summed E-state index contributed by atoms with van der Waals surface area (Å²) in [5, 5.41) is 8.79. The Bertz CT molecular complexity index is 295. The summed E-state index contributed by atoms with van der Waals surface area (Å²) in [5.74, 6) is -0.0391. The van der Waals surface area contributed by atoms with Gasteiger partial charge in [0.2, 0.25) is 0 Å². The quantitative estimate of drug-likeness (QED) is 0.690. The lowest BCUT2D eigenvalue weighted by atomic mass is 9.94. The maximum absolute atomic E-state index is 10.7. The number of rotatable bonds is 3. The van der Waals surface area contributed by atoms with Crippen LogP contribution in [0.5, 0.6) is 0 Å². The normalized spacial score (nSPS) is 24.1. The van der Waals surface area contributed by atoms with Crippen LogP contribution in [0.2, 0.25) is 0 Å². The van der Waals surface area contributed by atoms with E-state index in [0.29, 0.717) is 13.1 Å². The number of carbonyl (C=O) groups is 1. The standard InChI is InChI=1S/C8H15NO5S/c1-6(14-15(12)13)7-3-2-4-9(5-7)8(10)11/h6-7,15H,2-5H2,1H3,(H,10,11)/t6?,7-/m0/s1. The van der Waals surface area contributed by atoms with Gasteiger partial charge in [-0.25, -0.2) is 13.2 Å². The molecule has 1 aliphatic heterocycles. The van der Waals surface area contributed by atoms with E-state index in [2.05, 4.69) is 4.18 Å². The Morgan fingerprint density at radius 2 is 2.27 bits per heavy atom. The molecule has 0 radical (unpaired) electrons. The number of hydrogen-bond donors (Lipinski definition) is 2. The Balaban J connectivity index is 2.51. The van der Waals surface area contributed by atoms with Crippen LogP contribution in [-0.4, -0.2) is 43.7 Å². The first-order chi connectivity index (χ1) is 7.00. The minimum absolute atomic E-state index is 0.0391. The molecule has 1 fully saturated rings. The summed E-state index contributed by atoms with van der Waals surface area (Å²) in [4.78, 5) is 12.0. The van der Waals surface area contributed by atoms with Gasteiger partial charge in [0.05, 0.1) is 6.10 Å². The van der Waals surface area contributed by atoms with Crippen LogP contribution >= 0.6 is 0 Å². The van der Waals surface area contributed by atoms with E-state index >= 15 is 0 Å². The van der Waals surface area contributed by atoms with E-state index in [1.807, 2.05) is 0 Å². The molecule has 1 unspecified atom stereocenters. The van der Waals surface area contributed by atoms with Crippen LogP contribution in [0.3, 0.4) is 0 Å². The Morgan fingerprint density at radius 1 is 1.60 bits per heavy atom. The SMILES string of the molecule is CC(O[SH](=O)=O)[C@H]1CCCN(C(=O)O)C1. The van der Waals surface area contributed by atoms with E-state index in [1.54, 1.807) is 6.92 Å². The first-order valence-corrected chi connectivity index (χ1v) is 5.89. The van der Waals surface area contributed by atoms with E-state index in [9.17, 15) is 13.2 Å². The van der Waals surface area contributed by atoms with Crippen LogP contribution in [-0.2, 0) is 15.2 Å². The third-order valence-corrected chi connectivity index (χ3v) is 3.15. The average molecular weight is 237 g/mol. The zero-order valence-electron chi connectivity index (χ0n) is 8.46. The summed E-state index contributed by atoms with van der Waals surface area (Å²) >= 11 is 0. The molecular formula is C8H15NO5S. The Labute approximate surface area is 90.0 Å². The molecule has 1 N–H and O–H groups in total. The van der Waals surface area contributed by atoms with E-state index in [-0.39, 0.29) is 5.92 Å². The zero-order valence-corrected chi connectivity index (χ0v) is 9.35. The van der Waals surface area contributed by atoms with Crippen LogP contribution in [0.25, 0.3) is 0 Å². The van der Waals surface area contributed by atoms with E-state index in [4.69, 9.17) is 5.11 Å². The van der Waals surface area contributed by atoms with Gasteiger partial charge in [-0.15, -0.1) is 0 Å². The number of piperidine rings is 1. The second kappa shape index (κ2) is 5.32. The second-order valence-electron chi connectivity index (χ2n) is 3.67. The fourth-order valence-corrected chi connectivity index (χ4v) is 2.23. The van der Waals surface area contributed by atoms with Crippen molar-refractivity contribution in [3.8, 4) is 0 Å². The average Bonchev–Trinajstić information content (AvgIpc) is 2.17. The summed E-state index contributed by atoms with van der Waals surface area (Å²) in [6, 6.07) is 0. The van der Waals surface area contributed by atoms with E-state index in [0.717, 1.165) is 12.8 Å². The molecule has 15 heavy (non-hydrogen) atoms. The van der Waals surface area contributed by atoms with Gasteiger partial charge in [0.15, 0.2) is 0 Å². The topological polar surface area (TPSA) is 83.9 Å². The third-order valence-electron chi connectivity index (χ3n) is 2.64. The summed E-state index contributed by atoms with van der Waals surface area (Å²) in [5.41, 5.74) is 0. The van der Waals surface area contributed by atoms with Gasteiger partial charge in [0.25, 0.3) is 11.0 Å². The molecule has 0 aromatic carbocycles. The van der Waals surface area contributed by atoms with Gasteiger partial charge in [-0.3, -0.25) is 4.18 Å². The molecule has 1 aliphatic rings. The molecule has 6 nitrogen and oxygen atoms in total. The minimum atomic E-state index is -2.86. The van der Waals surface area contributed by atoms with Crippen LogP contribution < -0.4 is 0 Å². The number of nitrogens with zero attached hydrogens (tertiary/aromatic N) is 1. The molecule has 0 aromatic heterocycles. The van der Waals surface area contributed by atoms with Crippen molar-refractivity contribution in [2.75, 3.05) is 13.1 Å². The predicted octanol–water partition coefficient (Wildman–Crippen LogP) is 0.308. The van der Waals surface area contributed by atoms with E-state index in [1.165, 1.54) is 4.90 Å². The largest absolute Gasteiger partial charge is 0.465 e. The predicted molar refractivity (Wildman–Crippen MR) is 53.2 cm³/mol. The maximum atomic E-state index is 10.7. The fourth-order valence-electron chi connectivity index (χ4n) is 1.79. The number of carboxylic acid groups (broad SMARTS) is 1. The maximum Gasteiger partial charge on any atom is 0.407 e. The molecule has 1 heterocycles. The molecule has 1 rings (SSSR count). The lowest BCUT2D eigenvalue weighted by molar-refractivity contribution is 0.0787. The van der Waals surface area contributed by atoms with Gasteiger partial charge < -0.3 is 10.0 Å². The molecule has 0 aliphatic carbocycles. The molecule has 0 spiro atoms. The fraction of sp³-hybridized carbons (Fsp3) is 0.875. The van der Waals surface area contributed by atoms with Crippen LogP contribution in [0, 0.1) is 5.92 Å². The molecule has 1 saturated heterocycles. The molecule has 7 heteroatoms. The van der Waals surface area contributed by atoms with Crippen molar-refractivity contribution in [2.45, 2.75) is 25.9 Å². The van der Waals surface area contributed by atoms with Crippen molar-refractivity contribution in [3.05, 3.63) is 0 Å². The summed E-state index contributed by atoms with van der Waals surface area (Å²) < 4.78 is 25.4. The zero-order chi connectivity index (χ0) is 11.4. The van der Waals surface area contributed by atoms with Crippen molar-refractivity contribution < 1.29 is 22.5 Å². The highest BCUT2D eigenvalue weighted by Crippen LogP contribution is 2.21. The molecule has 0 bridgehead atoms. The number of likely N-dealkylation sites (tertiary alicyclic amines) is 1. The first-order valence-electron chi connectivity index (χ1n) is 4.79. The van der Waals surface area contributed by atoms with Crippen molar-refractivity contribution in [1.29, 1.82) is 0 Å². The molecule has 2 atom stereocenters. The van der Waals surface area contributed by atoms with Gasteiger partial charge in [-0.05, 0) is 19.8 Å². The molecule has 0 saturated carbocycles. The third kappa shape index (κ3) is 3.67. The van der Waals surface area contributed by atoms with Crippen LogP contribution in [0.1, 0.15) is 19.8 Å². The first kappa shape index (κ1) is 12.3. The Hall–Kier alpha value is -0.820. The highest BCUT2D eigenvalue weighted by atomic mass is 32.2. The second-order valence-corrected chi connectivity index (χ2v) is 4.32. The van der Waals surface area contributed by atoms with Crippen molar-refractivity contribution in [2.24, 2.45) is 5.92 Å². The van der Waals surface area contributed by atoms with Crippen LogP contribution in [0.4, 0.5) is 4.79 Å². The molecular weight excluding hydrogens is 222 g/mol. The van der Waals surface area contributed by atoms with Gasteiger partial charge >= 0.3 is 6.09 Å². The van der Waals surface area contributed by atoms with Gasteiger partial charge in [0.1, 0.15) is 0 Å². The van der Waals surface area contributed by atoms with Crippen molar-refractivity contribution in [3.63, 3.8) is 0 Å².